The second kappa shape index (κ2) is 5.37. The van der Waals surface area contributed by atoms with Crippen molar-refractivity contribution in [3.63, 3.8) is 0 Å². The maximum Gasteiger partial charge on any atom is 0.331 e. The van der Waals surface area contributed by atoms with Crippen LogP contribution < -0.4 is 11.3 Å². The van der Waals surface area contributed by atoms with Crippen LogP contribution in [0.4, 0.5) is 4.79 Å². The van der Waals surface area contributed by atoms with E-state index in [0.717, 1.165) is 12.3 Å². The first-order valence-electron chi connectivity index (χ1n) is 2.93. The molecular weight excluding hydrogens is 150 g/mol. The lowest BCUT2D eigenvalue weighted by Gasteiger charge is -2.14. The molecule has 60 valence electrons. The average molecular weight is 163 g/mol. The number of carbonyl (C=O) groups is 1. The van der Waals surface area contributed by atoms with E-state index in [1.807, 2.05) is 6.26 Å². The SMILES string of the molecule is CSCCN(C)C(=O)NN. The number of nitrogens with two attached hydrogens (primary N) is 1. The first-order chi connectivity index (χ1) is 4.72. The van der Waals surface area contributed by atoms with Gasteiger partial charge < -0.3 is 4.90 Å². The lowest BCUT2D eigenvalue weighted by molar-refractivity contribution is 0.211. The predicted octanol–water partition coefficient (Wildman–Crippen LogP) is -0.135. The summed E-state index contributed by atoms with van der Waals surface area (Å²) >= 11 is 1.70. The van der Waals surface area contributed by atoms with Gasteiger partial charge in [0.15, 0.2) is 0 Å². The first kappa shape index (κ1) is 9.58. The minimum absolute atomic E-state index is 0.242. The normalized spacial score (nSPS) is 9.10. The number of rotatable bonds is 3. The molecule has 4 nitrogen and oxygen atoms in total. The van der Waals surface area contributed by atoms with Crippen molar-refractivity contribution < 1.29 is 4.79 Å². The molecule has 10 heavy (non-hydrogen) atoms. The number of nitrogens with zero attached hydrogens (tertiary/aromatic N) is 1. The molecule has 3 N–H and O–H groups in total. The summed E-state index contributed by atoms with van der Waals surface area (Å²) in [5.41, 5.74) is 2.05. The molecule has 0 aliphatic rings. The molecule has 0 aromatic rings. The summed E-state index contributed by atoms with van der Waals surface area (Å²) in [5, 5.41) is 0. The van der Waals surface area contributed by atoms with E-state index in [9.17, 15) is 4.79 Å². The van der Waals surface area contributed by atoms with Crippen LogP contribution in [0.25, 0.3) is 0 Å². The van der Waals surface area contributed by atoms with Crippen LogP contribution in [-0.4, -0.2) is 36.5 Å². The van der Waals surface area contributed by atoms with Gasteiger partial charge >= 0.3 is 6.03 Å². The minimum Gasteiger partial charge on any atom is -0.326 e. The second-order valence-electron chi connectivity index (χ2n) is 1.86. The molecule has 0 aliphatic carbocycles. The van der Waals surface area contributed by atoms with Crippen LogP contribution in [0.3, 0.4) is 0 Å². The molecule has 0 saturated heterocycles. The first-order valence-corrected chi connectivity index (χ1v) is 4.32. The highest BCUT2D eigenvalue weighted by atomic mass is 32.2. The minimum atomic E-state index is -0.242. The highest BCUT2D eigenvalue weighted by Gasteiger charge is 2.03. The Morgan fingerprint density at radius 3 is 2.80 bits per heavy atom. The standard InChI is InChI=1S/C5H13N3OS/c1-8(3-4-10-2)5(9)7-6/h3-4,6H2,1-2H3,(H,7,9). The molecular formula is C5H13N3OS. The third-order valence-electron chi connectivity index (χ3n) is 1.10. The van der Waals surface area contributed by atoms with Crippen molar-refractivity contribution in [1.29, 1.82) is 0 Å². The van der Waals surface area contributed by atoms with Crippen LogP contribution in [0, 0.1) is 0 Å². The number of hydrazine groups is 1. The Bertz CT molecular complexity index is 109. The Morgan fingerprint density at radius 2 is 2.40 bits per heavy atom. The van der Waals surface area contributed by atoms with Gasteiger partial charge in [-0.1, -0.05) is 0 Å². The highest BCUT2D eigenvalue weighted by molar-refractivity contribution is 7.98. The van der Waals surface area contributed by atoms with E-state index in [2.05, 4.69) is 5.43 Å². The fraction of sp³-hybridized carbons (Fsp3) is 0.800. The van der Waals surface area contributed by atoms with E-state index in [1.54, 1.807) is 18.8 Å². The van der Waals surface area contributed by atoms with Crippen molar-refractivity contribution in [3.8, 4) is 0 Å². The summed E-state index contributed by atoms with van der Waals surface area (Å²) < 4.78 is 0. The number of thioether (sulfide) groups is 1. The summed E-state index contributed by atoms with van der Waals surface area (Å²) in [6.45, 7) is 0.726. The van der Waals surface area contributed by atoms with E-state index in [4.69, 9.17) is 5.84 Å². The summed E-state index contributed by atoms with van der Waals surface area (Å²) in [7, 11) is 1.71. The van der Waals surface area contributed by atoms with Crippen molar-refractivity contribution in [2.45, 2.75) is 0 Å². The van der Waals surface area contributed by atoms with Crippen molar-refractivity contribution in [3.05, 3.63) is 0 Å². The Hall–Kier alpha value is -0.420. The molecule has 0 heterocycles. The number of carbonyl (C=O) groups excluding carboxylic acids is 1. The summed E-state index contributed by atoms with van der Waals surface area (Å²) in [5.74, 6) is 5.83. The van der Waals surface area contributed by atoms with Crippen LogP contribution in [0.2, 0.25) is 0 Å². The maximum atomic E-state index is 10.7. The summed E-state index contributed by atoms with van der Waals surface area (Å²) in [4.78, 5) is 12.2. The van der Waals surface area contributed by atoms with Gasteiger partial charge in [-0.25, -0.2) is 10.6 Å². The zero-order valence-electron chi connectivity index (χ0n) is 6.26. The third kappa shape index (κ3) is 3.58. The third-order valence-corrected chi connectivity index (χ3v) is 1.69. The topological polar surface area (TPSA) is 58.4 Å². The predicted molar refractivity (Wildman–Crippen MR) is 43.7 cm³/mol. The van der Waals surface area contributed by atoms with Crippen molar-refractivity contribution in [2.24, 2.45) is 5.84 Å². The lowest BCUT2D eigenvalue weighted by Crippen LogP contribution is -2.42. The molecule has 0 saturated carbocycles. The largest absolute Gasteiger partial charge is 0.331 e. The Morgan fingerprint density at radius 1 is 1.80 bits per heavy atom. The van der Waals surface area contributed by atoms with Gasteiger partial charge in [-0.2, -0.15) is 11.8 Å². The zero-order chi connectivity index (χ0) is 7.98. The molecule has 0 rings (SSSR count). The molecule has 0 fully saturated rings. The van der Waals surface area contributed by atoms with E-state index < -0.39 is 0 Å². The van der Waals surface area contributed by atoms with Crippen molar-refractivity contribution in [1.82, 2.24) is 10.3 Å². The molecule has 2 amide bonds. The van der Waals surface area contributed by atoms with Crippen LogP contribution in [0.1, 0.15) is 0 Å². The molecule has 0 aromatic carbocycles. The van der Waals surface area contributed by atoms with Gasteiger partial charge in [0.2, 0.25) is 0 Å². The van der Waals surface area contributed by atoms with Gasteiger partial charge in [0, 0.05) is 19.3 Å². The van der Waals surface area contributed by atoms with Crippen LogP contribution >= 0.6 is 11.8 Å². The smallest absolute Gasteiger partial charge is 0.326 e. The second-order valence-corrected chi connectivity index (χ2v) is 2.85. The fourth-order valence-electron chi connectivity index (χ4n) is 0.440. The maximum absolute atomic E-state index is 10.7. The van der Waals surface area contributed by atoms with Gasteiger partial charge in [0.05, 0.1) is 0 Å². The van der Waals surface area contributed by atoms with Gasteiger partial charge in [-0.3, -0.25) is 5.43 Å². The average Bonchev–Trinajstić information content (AvgIpc) is 1.98. The number of amides is 2. The molecule has 0 aromatic heterocycles. The Balaban J connectivity index is 3.41. The molecule has 0 unspecified atom stereocenters. The van der Waals surface area contributed by atoms with Gasteiger partial charge in [0.1, 0.15) is 0 Å². The molecule has 0 bridgehead atoms. The van der Waals surface area contributed by atoms with Crippen molar-refractivity contribution in [2.75, 3.05) is 25.6 Å². The number of hydrogen-bond acceptors (Lipinski definition) is 3. The molecule has 0 spiro atoms. The van der Waals surface area contributed by atoms with Gasteiger partial charge in [0.25, 0.3) is 0 Å². The van der Waals surface area contributed by atoms with Crippen LogP contribution in [-0.2, 0) is 0 Å². The molecule has 5 heteroatoms. The number of nitrogens with one attached hydrogen (secondary N) is 1. The molecule has 0 aliphatic heterocycles. The fourth-order valence-corrected chi connectivity index (χ4v) is 0.896. The van der Waals surface area contributed by atoms with Crippen LogP contribution in [0.5, 0.6) is 0 Å². The number of urea groups is 1. The van der Waals surface area contributed by atoms with Gasteiger partial charge in [-0.15, -0.1) is 0 Å². The Kier molecular flexibility index (Phi) is 5.15. The Labute approximate surface area is 65.1 Å². The molecule has 0 radical (unpaired) electrons. The van der Waals surface area contributed by atoms with Gasteiger partial charge in [-0.05, 0) is 6.26 Å². The van der Waals surface area contributed by atoms with Crippen LogP contribution in [0.15, 0.2) is 0 Å². The lowest BCUT2D eigenvalue weighted by atomic mass is 10.6. The van der Waals surface area contributed by atoms with E-state index in [1.165, 1.54) is 4.90 Å². The van der Waals surface area contributed by atoms with E-state index in [0.29, 0.717) is 0 Å². The highest BCUT2D eigenvalue weighted by Crippen LogP contribution is 1.92. The number of hydrogen-bond donors (Lipinski definition) is 2. The monoisotopic (exact) mass is 163 g/mol. The van der Waals surface area contributed by atoms with E-state index >= 15 is 0 Å². The quantitative estimate of drug-likeness (QED) is 0.346. The molecule has 0 atom stereocenters. The van der Waals surface area contributed by atoms with E-state index in [-0.39, 0.29) is 6.03 Å². The summed E-state index contributed by atoms with van der Waals surface area (Å²) in [6.07, 6.45) is 1.99. The zero-order valence-corrected chi connectivity index (χ0v) is 7.07. The summed E-state index contributed by atoms with van der Waals surface area (Å²) in [6, 6.07) is -0.242. The van der Waals surface area contributed by atoms with Crippen molar-refractivity contribution >= 4 is 17.8 Å².